The fourth-order valence-electron chi connectivity index (χ4n) is 2.76. The van der Waals surface area contributed by atoms with Crippen LogP contribution in [0, 0.1) is 0 Å². The van der Waals surface area contributed by atoms with E-state index in [1.165, 1.54) is 26.9 Å². The highest BCUT2D eigenvalue weighted by Gasteiger charge is 2.08. The fraction of sp³-hybridized carbons (Fsp3) is 0. The number of hydrogen-bond acceptors (Lipinski definition) is 1. The van der Waals surface area contributed by atoms with Crippen molar-refractivity contribution >= 4 is 50.4 Å². The van der Waals surface area contributed by atoms with E-state index < -0.39 is 0 Å². The summed E-state index contributed by atoms with van der Waals surface area (Å²) in [6.45, 7) is 0. The molecule has 0 saturated heterocycles. The van der Waals surface area contributed by atoms with Crippen molar-refractivity contribution in [3.63, 3.8) is 0 Å². The fourth-order valence-corrected chi connectivity index (χ4v) is 2.76. The molecule has 4 aromatic carbocycles. The molecule has 0 heterocycles. The van der Waals surface area contributed by atoms with Crippen molar-refractivity contribution in [2.24, 2.45) is 0 Å². The minimum Gasteiger partial charge on any atom is -0.398 e. The monoisotopic (exact) mass is 253 g/mol. The zero-order valence-corrected chi connectivity index (χ0v) is 10.5. The van der Waals surface area contributed by atoms with E-state index in [4.69, 9.17) is 5.73 Å². The standard InChI is InChI=1S/C16H11N.ClH/c17-14-9-7-12-5-4-10-2-1-3-11-6-8-13(14)16(12)15(10)11;/h1-9H,17H2;1H. The second-order valence-corrected chi connectivity index (χ2v) is 4.51. The van der Waals surface area contributed by atoms with Crippen LogP contribution in [-0.2, 0) is 0 Å². The van der Waals surface area contributed by atoms with Crippen molar-refractivity contribution < 1.29 is 0 Å². The Labute approximate surface area is 111 Å². The lowest BCUT2D eigenvalue weighted by Crippen LogP contribution is -1.89. The Morgan fingerprint density at radius 2 is 1.17 bits per heavy atom. The Hall–Kier alpha value is -1.99. The van der Waals surface area contributed by atoms with Crippen LogP contribution in [0.4, 0.5) is 5.69 Å². The number of nitrogen functional groups attached to an aromatic ring is 1. The number of hydrogen-bond donors (Lipinski definition) is 1. The van der Waals surface area contributed by atoms with Gasteiger partial charge in [0.15, 0.2) is 0 Å². The van der Waals surface area contributed by atoms with E-state index in [0.29, 0.717) is 0 Å². The van der Waals surface area contributed by atoms with Gasteiger partial charge in [0.05, 0.1) is 0 Å². The van der Waals surface area contributed by atoms with E-state index in [1.54, 1.807) is 0 Å². The van der Waals surface area contributed by atoms with Crippen LogP contribution in [0.5, 0.6) is 0 Å². The van der Waals surface area contributed by atoms with Crippen LogP contribution >= 0.6 is 12.4 Å². The first-order valence-corrected chi connectivity index (χ1v) is 5.76. The van der Waals surface area contributed by atoms with Crippen LogP contribution in [0.15, 0.2) is 54.6 Å². The highest BCUT2D eigenvalue weighted by atomic mass is 35.5. The highest BCUT2D eigenvalue weighted by molar-refractivity contribution is 6.24. The molecule has 88 valence electrons. The maximum atomic E-state index is 6.07. The molecule has 2 N–H and O–H groups in total. The van der Waals surface area contributed by atoms with Crippen molar-refractivity contribution in [1.82, 2.24) is 0 Å². The molecule has 0 fully saturated rings. The van der Waals surface area contributed by atoms with Gasteiger partial charge in [0.2, 0.25) is 0 Å². The van der Waals surface area contributed by atoms with E-state index in [1.807, 2.05) is 6.07 Å². The lowest BCUT2D eigenvalue weighted by molar-refractivity contribution is 1.76. The Bertz CT molecular complexity index is 836. The molecular formula is C16H12ClN. The Balaban J connectivity index is 0.000001000. The van der Waals surface area contributed by atoms with Gasteiger partial charge in [0.25, 0.3) is 0 Å². The summed E-state index contributed by atoms with van der Waals surface area (Å²) in [5.41, 5.74) is 6.92. The van der Waals surface area contributed by atoms with Gasteiger partial charge < -0.3 is 5.73 Å². The summed E-state index contributed by atoms with van der Waals surface area (Å²) in [7, 11) is 0. The van der Waals surface area contributed by atoms with Crippen LogP contribution in [0.3, 0.4) is 0 Å². The second kappa shape index (κ2) is 3.76. The van der Waals surface area contributed by atoms with Crippen LogP contribution in [0.2, 0.25) is 0 Å². The van der Waals surface area contributed by atoms with Crippen molar-refractivity contribution in [3.05, 3.63) is 54.6 Å². The number of rotatable bonds is 0. The van der Waals surface area contributed by atoms with E-state index in [0.717, 1.165) is 11.1 Å². The Morgan fingerprint density at radius 3 is 1.89 bits per heavy atom. The van der Waals surface area contributed by atoms with E-state index in [9.17, 15) is 0 Å². The predicted molar refractivity (Wildman–Crippen MR) is 81.8 cm³/mol. The molecule has 0 aliphatic rings. The predicted octanol–water partition coefficient (Wildman–Crippen LogP) is 4.59. The largest absolute Gasteiger partial charge is 0.398 e. The topological polar surface area (TPSA) is 26.0 Å². The minimum absolute atomic E-state index is 0. The van der Waals surface area contributed by atoms with Gasteiger partial charge in [0.1, 0.15) is 0 Å². The van der Waals surface area contributed by atoms with E-state index in [2.05, 4.69) is 48.5 Å². The molecule has 0 bridgehead atoms. The third kappa shape index (κ3) is 1.28. The first-order valence-electron chi connectivity index (χ1n) is 5.76. The van der Waals surface area contributed by atoms with Gasteiger partial charge in [-0.3, -0.25) is 0 Å². The van der Waals surface area contributed by atoms with Gasteiger partial charge in [-0.05, 0) is 33.0 Å². The summed E-state index contributed by atoms with van der Waals surface area (Å²) < 4.78 is 0. The van der Waals surface area contributed by atoms with Crippen LogP contribution in [0.1, 0.15) is 0 Å². The number of benzene rings is 4. The number of nitrogens with two attached hydrogens (primary N) is 1. The zero-order valence-electron chi connectivity index (χ0n) is 9.68. The molecule has 0 radical (unpaired) electrons. The molecule has 0 spiro atoms. The Kier molecular flexibility index (Phi) is 2.32. The molecule has 0 saturated carbocycles. The third-order valence-corrected chi connectivity index (χ3v) is 3.56. The first kappa shape index (κ1) is 11.1. The summed E-state index contributed by atoms with van der Waals surface area (Å²) in [5, 5.41) is 7.61. The van der Waals surface area contributed by atoms with Crippen molar-refractivity contribution in [2.75, 3.05) is 5.73 Å². The molecule has 0 aromatic heterocycles. The third-order valence-electron chi connectivity index (χ3n) is 3.56. The molecule has 0 aliphatic heterocycles. The van der Waals surface area contributed by atoms with Crippen molar-refractivity contribution in [1.29, 1.82) is 0 Å². The summed E-state index contributed by atoms with van der Waals surface area (Å²) >= 11 is 0. The van der Waals surface area contributed by atoms with Crippen LogP contribution in [-0.4, -0.2) is 0 Å². The first-order chi connectivity index (χ1) is 8.34. The molecule has 0 amide bonds. The summed E-state index contributed by atoms with van der Waals surface area (Å²) in [6.07, 6.45) is 0. The lowest BCUT2D eigenvalue weighted by atomic mass is 9.94. The minimum atomic E-state index is 0. The van der Waals surface area contributed by atoms with Gasteiger partial charge in [-0.2, -0.15) is 0 Å². The molecule has 2 heteroatoms. The molecule has 4 aromatic rings. The average molecular weight is 254 g/mol. The summed E-state index contributed by atoms with van der Waals surface area (Å²) in [5.74, 6) is 0. The van der Waals surface area contributed by atoms with Crippen molar-refractivity contribution in [3.8, 4) is 0 Å². The molecular weight excluding hydrogens is 242 g/mol. The molecule has 0 atom stereocenters. The van der Waals surface area contributed by atoms with Gasteiger partial charge in [0, 0.05) is 11.1 Å². The number of anilines is 1. The van der Waals surface area contributed by atoms with Gasteiger partial charge >= 0.3 is 0 Å². The SMILES string of the molecule is Cl.Nc1ccc2ccc3cccc4ccc1c2c34. The molecule has 4 rings (SSSR count). The van der Waals surface area contributed by atoms with Crippen LogP contribution < -0.4 is 5.73 Å². The molecule has 0 unspecified atom stereocenters. The summed E-state index contributed by atoms with van der Waals surface area (Å²) in [6, 6.07) is 19.1. The lowest BCUT2D eigenvalue weighted by Gasteiger charge is -2.11. The van der Waals surface area contributed by atoms with Gasteiger partial charge in [-0.15, -0.1) is 12.4 Å². The second-order valence-electron chi connectivity index (χ2n) is 4.51. The molecule has 1 nitrogen and oxygen atoms in total. The van der Waals surface area contributed by atoms with Gasteiger partial charge in [-0.25, -0.2) is 0 Å². The van der Waals surface area contributed by atoms with Gasteiger partial charge in [-0.1, -0.05) is 48.5 Å². The zero-order chi connectivity index (χ0) is 11.4. The quantitative estimate of drug-likeness (QED) is 0.360. The maximum absolute atomic E-state index is 6.07. The van der Waals surface area contributed by atoms with Crippen LogP contribution in [0.25, 0.3) is 32.3 Å². The molecule has 0 aliphatic carbocycles. The Morgan fingerprint density at radius 1 is 0.611 bits per heavy atom. The smallest absolute Gasteiger partial charge is 0.0394 e. The van der Waals surface area contributed by atoms with E-state index in [-0.39, 0.29) is 12.4 Å². The van der Waals surface area contributed by atoms with Crippen molar-refractivity contribution in [2.45, 2.75) is 0 Å². The van der Waals surface area contributed by atoms with E-state index >= 15 is 0 Å². The number of halogens is 1. The average Bonchev–Trinajstić information content (AvgIpc) is 2.38. The summed E-state index contributed by atoms with van der Waals surface area (Å²) in [4.78, 5) is 0. The molecule has 18 heavy (non-hydrogen) atoms. The normalized spacial score (nSPS) is 11.1. The highest BCUT2D eigenvalue weighted by Crippen LogP contribution is 2.36. The maximum Gasteiger partial charge on any atom is 0.0394 e.